The summed E-state index contributed by atoms with van der Waals surface area (Å²) in [6, 6.07) is 14.9. The van der Waals surface area contributed by atoms with Crippen LogP contribution in [0.25, 0.3) is 22.3 Å². The second-order valence-corrected chi connectivity index (χ2v) is 8.57. The molecular weight excluding hydrogens is 472 g/mol. The van der Waals surface area contributed by atoms with Crippen LogP contribution in [0.3, 0.4) is 0 Å². The number of methoxy groups -OCH3 is 2. The van der Waals surface area contributed by atoms with Gasteiger partial charge in [0, 0.05) is 37.9 Å². The van der Waals surface area contributed by atoms with Gasteiger partial charge < -0.3 is 25.4 Å². The predicted octanol–water partition coefficient (Wildman–Crippen LogP) is 2.45. The van der Waals surface area contributed by atoms with Crippen LogP contribution in [0.1, 0.15) is 0 Å². The van der Waals surface area contributed by atoms with Crippen LogP contribution in [0.15, 0.2) is 54.7 Å². The molecular formula is C26H28N8O3. The highest BCUT2D eigenvalue weighted by Crippen LogP contribution is 2.33. The van der Waals surface area contributed by atoms with E-state index in [1.807, 2.05) is 42.5 Å². The van der Waals surface area contributed by atoms with E-state index in [1.165, 1.54) is 0 Å². The number of carbonyl (C=O) groups excluding carboxylic acids is 1. The van der Waals surface area contributed by atoms with E-state index < -0.39 is 0 Å². The Morgan fingerprint density at radius 2 is 1.78 bits per heavy atom. The number of amides is 1. The van der Waals surface area contributed by atoms with Crippen LogP contribution in [-0.4, -0.2) is 77.7 Å². The molecule has 0 unspecified atom stereocenters. The topological polar surface area (TPSA) is 132 Å². The average Bonchev–Trinajstić information content (AvgIpc) is 2.93. The molecule has 1 saturated heterocycles. The molecule has 1 fully saturated rings. The third-order valence-corrected chi connectivity index (χ3v) is 6.19. The molecule has 5 rings (SSSR count). The average molecular weight is 501 g/mol. The quantitative estimate of drug-likeness (QED) is 0.390. The molecule has 1 aliphatic heterocycles. The first-order valence-electron chi connectivity index (χ1n) is 11.9. The molecule has 3 N–H and O–H groups in total. The standard InChI is InChI=1S/C26H28N8O3/c1-36-20-9-6-17(15-21(20)37-2)18-7-8-19-24(29-18)25(32-26(27)30-19)34-13-11-33(12-14-34)16-23(35)31-22-5-3-4-10-28-22/h3-10,15H,11-14,16H2,1-2H3,(H2,27,30,32)(H,28,31,35). The molecule has 0 spiro atoms. The summed E-state index contributed by atoms with van der Waals surface area (Å²) in [6.07, 6.45) is 1.65. The van der Waals surface area contributed by atoms with Crippen LogP contribution in [0.2, 0.25) is 0 Å². The van der Waals surface area contributed by atoms with Gasteiger partial charge in [-0.2, -0.15) is 4.98 Å². The molecule has 0 saturated carbocycles. The van der Waals surface area contributed by atoms with Crippen molar-refractivity contribution in [2.45, 2.75) is 0 Å². The number of benzene rings is 1. The van der Waals surface area contributed by atoms with Gasteiger partial charge in [0.2, 0.25) is 11.9 Å². The molecule has 0 radical (unpaired) electrons. The second-order valence-electron chi connectivity index (χ2n) is 8.57. The van der Waals surface area contributed by atoms with Gasteiger partial charge in [-0.3, -0.25) is 9.69 Å². The zero-order valence-electron chi connectivity index (χ0n) is 20.7. The third-order valence-electron chi connectivity index (χ3n) is 6.19. The lowest BCUT2D eigenvalue weighted by Gasteiger charge is -2.35. The zero-order chi connectivity index (χ0) is 25.8. The molecule has 190 valence electrons. The van der Waals surface area contributed by atoms with Crippen LogP contribution in [0.4, 0.5) is 17.6 Å². The van der Waals surface area contributed by atoms with Gasteiger partial charge in [-0.25, -0.2) is 15.0 Å². The Labute approximate surface area is 214 Å². The van der Waals surface area contributed by atoms with E-state index in [-0.39, 0.29) is 11.9 Å². The normalized spacial score (nSPS) is 13.9. The van der Waals surface area contributed by atoms with Gasteiger partial charge in [0.05, 0.1) is 32.0 Å². The number of piperazine rings is 1. The summed E-state index contributed by atoms with van der Waals surface area (Å²) in [6.45, 7) is 3.01. The van der Waals surface area contributed by atoms with Crippen molar-refractivity contribution >= 4 is 34.5 Å². The molecule has 0 atom stereocenters. The Kier molecular flexibility index (Phi) is 6.95. The fraction of sp³-hybridized carbons (Fsp3) is 0.269. The number of ether oxygens (including phenoxy) is 2. The van der Waals surface area contributed by atoms with E-state index in [4.69, 9.17) is 20.2 Å². The van der Waals surface area contributed by atoms with E-state index in [2.05, 4.69) is 30.1 Å². The summed E-state index contributed by atoms with van der Waals surface area (Å²) < 4.78 is 10.8. The van der Waals surface area contributed by atoms with Gasteiger partial charge in [0.15, 0.2) is 17.3 Å². The number of hydrogen-bond donors (Lipinski definition) is 2. The lowest BCUT2D eigenvalue weighted by atomic mass is 10.1. The predicted molar refractivity (Wildman–Crippen MR) is 142 cm³/mol. The van der Waals surface area contributed by atoms with Crippen molar-refractivity contribution in [3.63, 3.8) is 0 Å². The molecule has 3 aromatic heterocycles. The fourth-order valence-electron chi connectivity index (χ4n) is 4.33. The van der Waals surface area contributed by atoms with E-state index >= 15 is 0 Å². The largest absolute Gasteiger partial charge is 0.493 e. The van der Waals surface area contributed by atoms with Crippen LogP contribution in [0, 0.1) is 0 Å². The summed E-state index contributed by atoms with van der Waals surface area (Å²) in [5, 5.41) is 2.83. The van der Waals surface area contributed by atoms with Crippen LogP contribution >= 0.6 is 0 Å². The maximum atomic E-state index is 12.4. The van der Waals surface area contributed by atoms with E-state index in [0.29, 0.717) is 66.9 Å². The van der Waals surface area contributed by atoms with E-state index in [9.17, 15) is 4.79 Å². The van der Waals surface area contributed by atoms with Crippen molar-refractivity contribution in [2.75, 3.05) is 62.9 Å². The summed E-state index contributed by atoms with van der Waals surface area (Å²) in [5.74, 6) is 2.60. The van der Waals surface area contributed by atoms with Gasteiger partial charge in [0.1, 0.15) is 11.3 Å². The number of pyridine rings is 2. The van der Waals surface area contributed by atoms with Crippen molar-refractivity contribution in [3.05, 3.63) is 54.7 Å². The minimum Gasteiger partial charge on any atom is -0.493 e. The Balaban J connectivity index is 1.34. The van der Waals surface area contributed by atoms with Crippen molar-refractivity contribution < 1.29 is 14.3 Å². The molecule has 37 heavy (non-hydrogen) atoms. The highest BCUT2D eigenvalue weighted by Gasteiger charge is 2.23. The number of nitrogens with two attached hydrogens (primary N) is 1. The number of anilines is 3. The molecule has 1 amide bonds. The number of nitrogens with zero attached hydrogens (tertiary/aromatic N) is 6. The Morgan fingerprint density at radius 3 is 2.51 bits per heavy atom. The van der Waals surface area contributed by atoms with Gasteiger partial charge in [0.25, 0.3) is 0 Å². The first kappa shape index (κ1) is 24.2. The van der Waals surface area contributed by atoms with Crippen molar-refractivity contribution in [2.24, 2.45) is 0 Å². The Hall–Kier alpha value is -4.51. The smallest absolute Gasteiger partial charge is 0.239 e. The number of rotatable bonds is 7. The highest BCUT2D eigenvalue weighted by atomic mass is 16.5. The lowest BCUT2D eigenvalue weighted by molar-refractivity contribution is -0.117. The minimum atomic E-state index is -0.0925. The molecule has 11 nitrogen and oxygen atoms in total. The molecule has 0 aliphatic carbocycles. The Bertz CT molecular complexity index is 1410. The summed E-state index contributed by atoms with van der Waals surface area (Å²) >= 11 is 0. The fourth-order valence-corrected chi connectivity index (χ4v) is 4.33. The van der Waals surface area contributed by atoms with E-state index in [1.54, 1.807) is 26.5 Å². The van der Waals surface area contributed by atoms with Gasteiger partial charge in [-0.1, -0.05) is 6.07 Å². The summed E-state index contributed by atoms with van der Waals surface area (Å²) in [4.78, 5) is 34.7. The highest BCUT2D eigenvalue weighted by molar-refractivity contribution is 5.91. The van der Waals surface area contributed by atoms with Gasteiger partial charge in [-0.05, 0) is 42.5 Å². The molecule has 4 aromatic rings. The Morgan fingerprint density at radius 1 is 0.973 bits per heavy atom. The zero-order valence-corrected chi connectivity index (χ0v) is 20.7. The number of nitrogen functional groups attached to an aromatic ring is 1. The number of aromatic nitrogens is 4. The number of carbonyl (C=O) groups is 1. The maximum absolute atomic E-state index is 12.4. The maximum Gasteiger partial charge on any atom is 0.239 e. The molecule has 1 aromatic carbocycles. The molecule has 0 bridgehead atoms. The molecule has 11 heteroatoms. The SMILES string of the molecule is COc1ccc(-c2ccc3nc(N)nc(N4CCN(CC(=O)Nc5ccccn5)CC4)c3n2)cc1OC. The van der Waals surface area contributed by atoms with E-state index in [0.717, 1.165) is 11.3 Å². The lowest BCUT2D eigenvalue weighted by Crippen LogP contribution is -2.49. The third kappa shape index (κ3) is 5.36. The van der Waals surface area contributed by atoms with Crippen LogP contribution in [0.5, 0.6) is 11.5 Å². The number of nitrogens with one attached hydrogen (secondary N) is 1. The molecule has 4 heterocycles. The number of hydrogen-bond acceptors (Lipinski definition) is 10. The van der Waals surface area contributed by atoms with Crippen molar-refractivity contribution in [1.29, 1.82) is 0 Å². The number of fused-ring (bicyclic) bond motifs is 1. The van der Waals surface area contributed by atoms with Gasteiger partial charge in [-0.15, -0.1) is 0 Å². The summed E-state index contributed by atoms with van der Waals surface area (Å²) in [7, 11) is 3.21. The van der Waals surface area contributed by atoms with Crippen molar-refractivity contribution in [3.8, 4) is 22.8 Å². The second kappa shape index (κ2) is 10.6. The van der Waals surface area contributed by atoms with Crippen LogP contribution in [-0.2, 0) is 4.79 Å². The monoisotopic (exact) mass is 500 g/mol. The minimum absolute atomic E-state index is 0.0925. The van der Waals surface area contributed by atoms with Gasteiger partial charge >= 0.3 is 0 Å². The first-order chi connectivity index (χ1) is 18.0. The first-order valence-corrected chi connectivity index (χ1v) is 11.9. The summed E-state index contributed by atoms with van der Waals surface area (Å²) in [5.41, 5.74) is 9.02. The molecule has 1 aliphatic rings. The van der Waals surface area contributed by atoms with Crippen LogP contribution < -0.4 is 25.4 Å². The van der Waals surface area contributed by atoms with Crippen molar-refractivity contribution in [1.82, 2.24) is 24.8 Å².